The van der Waals surface area contributed by atoms with Crippen LogP contribution < -0.4 is 42.4 Å². The van der Waals surface area contributed by atoms with E-state index < -0.39 is 14.5 Å². The van der Waals surface area contributed by atoms with Crippen molar-refractivity contribution in [3.05, 3.63) is 323 Å². The van der Waals surface area contributed by atoms with Crippen LogP contribution in [0.15, 0.2) is 243 Å². The number of hydrogen-bond acceptors (Lipinski definition) is 0. The fraction of sp³-hybridized carbons (Fsp3) is 0. The van der Waals surface area contributed by atoms with Gasteiger partial charge in [0.05, 0.1) is 0 Å². The molecule has 0 amide bonds. The Kier molecular flexibility index (Phi) is 31.0. The molecule has 0 saturated heterocycles. The summed E-state index contributed by atoms with van der Waals surface area (Å²) >= 11 is 0. The molecule has 328 valence electrons. The van der Waals surface area contributed by atoms with Crippen molar-refractivity contribution in [2.45, 2.75) is 0 Å². The first kappa shape index (κ1) is 58.9. The Labute approximate surface area is 405 Å². The van der Waals surface area contributed by atoms with Crippen LogP contribution in [0.1, 0.15) is 0 Å². The summed E-state index contributed by atoms with van der Waals surface area (Å²) in [6.07, 6.45) is 0. The van der Waals surface area contributed by atoms with Gasteiger partial charge in [-0.15, -0.1) is 0 Å². The average molecular weight is 998 g/mol. The van der Waals surface area contributed by atoms with E-state index >= 15 is 0 Å². The maximum Gasteiger partial charge on any atom is 5.00 e. The van der Waals surface area contributed by atoms with Crippen LogP contribution in [0.4, 0.5) is 0 Å². The Hall–Kier alpha value is -8.13. The van der Waals surface area contributed by atoms with Crippen molar-refractivity contribution in [1.29, 1.82) is 0 Å². The van der Waals surface area contributed by atoms with Crippen LogP contribution in [-0.4, -0.2) is 0 Å². The number of benzene rings is 8. The third kappa shape index (κ3) is 16.7. The molecule has 0 aromatic heterocycles. The fourth-order valence-electron chi connectivity index (χ4n) is 7.00. The molecule has 67 heavy (non-hydrogen) atoms. The first-order valence-corrected chi connectivity index (χ1v) is 22.7. The zero-order valence-electron chi connectivity index (χ0n) is 35.6. The van der Waals surface area contributed by atoms with Crippen LogP contribution in [0.3, 0.4) is 0 Å². The van der Waals surface area contributed by atoms with E-state index in [1.54, 1.807) is 0 Å². The second-order valence-corrected chi connectivity index (χ2v) is 19.3. The standard InChI is InChI=1S/2C24H20P.5N3.Nb.O/c2*1-5-13-21(14-6-1)25(22-15-7-2-8-16-22,23-17-9-3-10-18-23)24-19-11-4-12-20-24;5*1-3-2;;/h2*1-20H;;;;;;;/q2*+1;5*-1;+5;-2. The van der Waals surface area contributed by atoms with Gasteiger partial charge in [-0.2, -0.15) is 0 Å². The van der Waals surface area contributed by atoms with E-state index in [2.05, 4.69) is 243 Å². The van der Waals surface area contributed by atoms with Crippen molar-refractivity contribution >= 4 is 57.0 Å². The predicted octanol–water partition coefficient (Wildman–Crippen LogP) is 12.8. The summed E-state index contributed by atoms with van der Waals surface area (Å²) in [5.41, 5.74) is 67.5. The molecule has 16 nitrogen and oxygen atoms in total. The molecule has 0 bridgehead atoms. The zero-order valence-corrected chi connectivity index (χ0v) is 39.5. The summed E-state index contributed by atoms with van der Waals surface area (Å²) in [5.74, 6) is 0. The maximum atomic E-state index is 6.75. The van der Waals surface area contributed by atoms with Gasteiger partial charge in [-0.1, -0.05) is 146 Å². The molecule has 0 atom stereocenters. The van der Waals surface area contributed by atoms with Crippen LogP contribution in [0.25, 0.3) is 79.9 Å². The van der Waals surface area contributed by atoms with Crippen LogP contribution >= 0.6 is 14.5 Å². The molecule has 0 aliphatic heterocycles. The first-order chi connectivity index (χ1) is 31.9. The normalized spacial score (nSPS) is 8.96. The largest absolute Gasteiger partial charge is 5.00 e. The summed E-state index contributed by atoms with van der Waals surface area (Å²) in [7, 11) is -3.81. The topological polar surface area (TPSA) is 322 Å². The molecule has 8 aromatic rings. The number of nitrogens with zero attached hydrogens (tertiary/aromatic N) is 15. The van der Waals surface area contributed by atoms with E-state index in [4.69, 9.17) is 55.3 Å². The smallest absolute Gasteiger partial charge is 2.00 e. The molecule has 0 radical (unpaired) electrons. The van der Waals surface area contributed by atoms with Gasteiger partial charge in [0.2, 0.25) is 0 Å². The van der Waals surface area contributed by atoms with Gasteiger partial charge >= 0.3 is 22.4 Å². The number of rotatable bonds is 8. The SMILES string of the molecule is [N-]=[N+]=[N-].[N-]=[N+]=[N-].[N-]=[N+]=[N-].[N-]=[N+]=[N-].[N-]=[N+]=[N-].[Nb+5].[O-2].c1ccc([P+](c2ccccc2)(c2ccccc2)c2ccccc2)cc1.c1ccc([P+](c2ccccc2)(c2ccccc2)c2ccccc2)cc1. The molecule has 0 saturated carbocycles. The van der Waals surface area contributed by atoms with Crippen molar-refractivity contribution in [3.63, 3.8) is 0 Å². The molecular weight excluding hydrogens is 957 g/mol. The Morgan fingerprint density at radius 1 is 0.194 bits per heavy atom. The minimum absolute atomic E-state index is 0. The van der Waals surface area contributed by atoms with Crippen LogP contribution in [-0.2, 0) is 27.9 Å². The summed E-state index contributed by atoms with van der Waals surface area (Å²) < 4.78 is 0. The van der Waals surface area contributed by atoms with Crippen molar-refractivity contribution in [3.8, 4) is 0 Å². The van der Waals surface area contributed by atoms with E-state index in [9.17, 15) is 0 Å². The van der Waals surface area contributed by atoms with Gasteiger partial charge in [-0.3, -0.25) is 24.6 Å². The molecule has 0 aliphatic rings. The fourth-order valence-corrected chi connectivity index (χ4v) is 15.5. The molecule has 0 heterocycles. The summed E-state index contributed by atoms with van der Waals surface area (Å²) in [6, 6.07) is 87.7. The second kappa shape index (κ2) is 35.2. The third-order valence-electron chi connectivity index (χ3n) is 9.15. The Bertz CT molecular complexity index is 2150. The monoisotopic (exact) mass is 997 g/mol. The molecular formula is C48H40N15NbOP2. The zero-order chi connectivity index (χ0) is 47.4. The van der Waals surface area contributed by atoms with Gasteiger partial charge in [0, 0.05) is 0 Å². The van der Waals surface area contributed by atoms with E-state index in [-0.39, 0.29) is 27.9 Å². The number of hydrogen-bond donors (Lipinski definition) is 0. The van der Waals surface area contributed by atoms with Gasteiger partial charge in [0.25, 0.3) is 0 Å². The van der Waals surface area contributed by atoms with Gasteiger partial charge < -0.3 is 60.8 Å². The molecule has 0 aliphatic carbocycles. The molecule has 8 aromatic carbocycles. The third-order valence-corrected chi connectivity index (χ3v) is 17.7. The summed E-state index contributed by atoms with van der Waals surface area (Å²) in [4.78, 5) is 7.50. The van der Waals surface area contributed by atoms with E-state index in [0.29, 0.717) is 0 Å². The Balaban J connectivity index is 0.000000983. The molecule has 0 spiro atoms. The van der Waals surface area contributed by atoms with Gasteiger partial charge in [0.15, 0.2) is 0 Å². The van der Waals surface area contributed by atoms with Crippen LogP contribution in [0.5, 0.6) is 0 Å². The molecule has 0 unspecified atom stereocenters. The summed E-state index contributed by atoms with van der Waals surface area (Å²) in [5, 5.41) is 11.1. The quantitative estimate of drug-likeness (QED) is 0.0451. The minimum atomic E-state index is -1.91. The van der Waals surface area contributed by atoms with Gasteiger partial charge in [0.1, 0.15) is 57.0 Å². The second-order valence-electron chi connectivity index (χ2n) is 12.5. The van der Waals surface area contributed by atoms with Crippen LogP contribution in [0, 0.1) is 0 Å². The van der Waals surface area contributed by atoms with Crippen molar-refractivity contribution in [2.24, 2.45) is 0 Å². The van der Waals surface area contributed by atoms with Crippen molar-refractivity contribution < 1.29 is 27.9 Å². The maximum absolute atomic E-state index is 6.75. The van der Waals surface area contributed by atoms with Crippen molar-refractivity contribution in [2.75, 3.05) is 0 Å². The van der Waals surface area contributed by atoms with Crippen molar-refractivity contribution in [1.82, 2.24) is 0 Å². The average Bonchev–Trinajstić information content (AvgIpc) is 3.36. The Morgan fingerprint density at radius 3 is 0.343 bits per heavy atom. The van der Waals surface area contributed by atoms with E-state index in [1.165, 1.54) is 67.0 Å². The van der Waals surface area contributed by atoms with Gasteiger partial charge in [-0.05, 0) is 97.1 Å². The van der Waals surface area contributed by atoms with Crippen LogP contribution in [0.2, 0.25) is 0 Å². The predicted molar refractivity (Wildman–Crippen MR) is 274 cm³/mol. The molecule has 0 fully saturated rings. The molecule has 19 heteroatoms. The van der Waals surface area contributed by atoms with Gasteiger partial charge in [-0.25, -0.2) is 0 Å². The molecule has 0 N–H and O–H groups in total. The Morgan fingerprint density at radius 2 is 0.269 bits per heavy atom. The summed E-state index contributed by atoms with van der Waals surface area (Å²) in [6.45, 7) is 0. The van der Waals surface area contributed by atoms with E-state index in [0.717, 1.165) is 0 Å². The molecule has 8 rings (SSSR count). The minimum Gasteiger partial charge on any atom is -2.00 e. The van der Waals surface area contributed by atoms with E-state index in [1.807, 2.05) is 0 Å². The first-order valence-electron chi connectivity index (χ1n) is 19.1.